The largest absolute Gasteiger partial charge is 0.463 e. The SMILES string of the molecule is CCOC(=O)/C=C1\C=C(C(=O)OCC)C=C(C#C[Si](C)(C)C)CC1. The molecule has 4 nitrogen and oxygen atoms in total. The van der Waals surface area contributed by atoms with Crippen LogP contribution < -0.4 is 0 Å². The second kappa shape index (κ2) is 9.29. The summed E-state index contributed by atoms with van der Waals surface area (Å²) in [6.45, 7) is 10.7. The van der Waals surface area contributed by atoms with Crippen LogP contribution in [0.4, 0.5) is 0 Å². The van der Waals surface area contributed by atoms with Gasteiger partial charge >= 0.3 is 11.9 Å². The molecule has 130 valence electrons. The monoisotopic (exact) mass is 346 g/mol. The first kappa shape index (κ1) is 20.0. The number of ether oxygens (including phenoxy) is 2. The van der Waals surface area contributed by atoms with Gasteiger partial charge in [0.05, 0.1) is 18.8 Å². The number of carbonyl (C=O) groups is 2. The molecule has 0 aromatic heterocycles. The zero-order valence-electron chi connectivity index (χ0n) is 15.2. The molecule has 1 rings (SSSR count). The second-order valence-electron chi connectivity index (χ2n) is 6.46. The van der Waals surface area contributed by atoms with Gasteiger partial charge in [-0.2, -0.15) is 0 Å². The highest BCUT2D eigenvalue weighted by Gasteiger charge is 2.15. The number of esters is 2. The van der Waals surface area contributed by atoms with Gasteiger partial charge in [-0.1, -0.05) is 25.6 Å². The van der Waals surface area contributed by atoms with Crippen molar-refractivity contribution in [3.05, 3.63) is 34.9 Å². The lowest BCUT2D eigenvalue weighted by molar-refractivity contribution is -0.138. The van der Waals surface area contributed by atoms with E-state index in [4.69, 9.17) is 9.47 Å². The fourth-order valence-corrected chi connectivity index (χ4v) is 2.54. The first-order chi connectivity index (χ1) is 11.2. The summed E-state index contributed by atoms with van der Waals surface area (Å²) in [5.74, 6) is 2.41. The lowest BCUT2D eigenvalue weighted by Gasteiger charge is -2.04. The van der Waals surface area contributed by atoms with Crippen LogP contribution >= 0.6 is 0 Å². The minimum atomic E-state index is -1.50. The van der Waals surface area contributed by atoms with Crippen molar-refractivity contribution >= 4 is 20.0 Å². The molecule has 24 heavy (non-hydrogen) atoms. The number of rotatable bonds is 4. The van der Waals surface area contributed by atoms with Crippen LogP contribution in [-0.2, 0) is 19.1 Å². The quantitative estimate of drug-likeness (QED) is 0.338. The highest BCUT2D eigenvalue weighted by molar-refractivity contribution is 6.83. The highest BCUT2D eigenvalue weighted by Crippen LogP contribution is 2.22. The third-order valence-corrected chi connectivity index (χ3v) is 3.93. The molecule has 0 heterocycles. The Morgan fingerprint density at radius 1 is 1.12 bits per heavy atom. The smallest absolute Gasteiger partial charge is 0.338 e. The first-order valence-corrected chi connectivity index (χ1v) is 11.7. The molecule has 0 fully saturated rings. The zero-order chi connectivity index (χ0) is 18.2. The molecule has 0 spiro atoms. The van der Waals surface area contributed by atoms with Crippen molar-refractivity contribution in [2.75, 3.05) is 13.2 Å². The predicted molar refractivity (Wildman–Crippen MR) is 97.9 cm³/mol. The van der Waals surface area contributed by atoms with Crippen LogP contribution in [0.1, 0.15) is 26.7 Å². The summed E-state index contributed by atoms with van der Waals surface area (Å²) in [7, 11) is -1.50. The van der Waals surface area contributed by atoms with Crippen LogP contribution in [0.15, 0.2) is 34.9 Å². The summed E-state index contributed by atoms with van der Waals surface area (Å²) in [6, 6.07) is 0. The third kappa shape index (κ3) is 7.47. The molecule has 0 unspecified atom stereocenters. The molecule has 0 radical (unpaired) electrons. The molecule has 0 saturated heterocycles. The van der Waals surface area contributed by atoms with Gasteiger partial charge in [0, 0.05) is 11.6 Å². The van der Waals surface area contributed by atoms with E-state index in [1.807, 2.05) is 0 Å². The highest BCUT2D eigenvalue weighted by atomic mass is 28.3. The van der Waals surface area contributed by atoms with Crippen molar-refractivity contribution in [2.24, 2.45) is 0 Å². The molecule has 1 aliphatic carbocycles. The molecule has 0 aliphatic heterocycles. The number of allylic oxidation sites excluding steroid dienone is 3. The van der Waals surface area contributed by atoms with Crippen LogP contribution in [0.2, 0.25) is 19.6 Å². The number of carbonyl (C=O) groups excluding carboxylic acids is 2. The van der Waals surface area contributed by atoms with Gasteiger partial charge in [-0.05, 0) is 44.4 Å². The van der Waals surface area contributed by atoms with Gasteiger partial charge < -0.3 is 9.47 Å². The van der Waals surface area contributed by atoms with Crippen molar-refractivity contribution in [3.8, 4) is 11.5 Å². The van der Waals surface area contributed by atoms with Gasteiger partial charge in [0.25, 0.3) is 0 Å². The summed E-state index contributed by atoms with van der Waals surface area (Å²) in [5, 5.41) is 0. The Labute approximate surface area is 145 Å². The van der Waals surface area contributed by atoms with Crippen LogP contribution in [-0.4, -0.2) is 33.2 Å². The van der Waals surface area contributed by atoms with Crippen molar-refractivity contribution in [2.45, 2.75) is 46.3 Å². The predicted octanol–water partition coefficient (Wildman–Crippen LogP) is 3.57. The van der Waals surface area contributed by atoms with Crippen molar-refractivity contribution < 1.29 is 19.1 Å². The maximum atomic E-state index is 12.1. The fraction of sp³-hybridized carbons (Fsp3) is 0.474. The van der Waals surface area contributed by atoms with Gasteiger partial charge in [-0.25, -0.2) is 9.59 Å². The molecular weight excluding hydrogens is 320 g/mol. The lowest BCUT2D eigenvalue weighted by Crippen LogP contribution is -2.16. The van der Waals surface area contributed by atoms with E-state index < -0.39 is 20.0 Å². The minimum Gasteiger partial charge on any atom is -0.463 e. The summed E-state index contributed by atoms with van der Waals surface area (Å²) in [4.78, 5) is 23.8. The normalized spacial score (nSPS) is 16.3. The number of hydrogen-bond donors (Lipinski definition) is 0. The Hall–Kier alpha value is -2.06. The van der Waals surface area contributed by atoms with Gasteiger partial charge in [-0.15, -0.1) is 5.54 Å². The van der Waals surface area contributed by atoms with E-state index in [-0.39, 0.29) is 0 Å². The molecule has 1 aliphatic rings. The summed E-state index contributed by atoms with van der Waals surface area (Å²) in [6.07, 6.45) is 6.22. The number of hydrogen-bond acceptors (Lipinski definition) is 4. The van der Waals surface area contributed by atoms with Crippen LogP contribution in [0.25, 0.3) is 0 Å². The molecule has 0 amide bonds. The molecule has 0 atom stereocenters. The van der Waals surface area contributed by atoms with E-state index in [0.717, 1.165) is 11.1 Å². The minimum absolute atomic E-state index is 0.302. The zero-order valence-corrected chi connectivity index (χ0v) is 16.2. The van der Waals surface area contributed by atoms with Crippen molar-refractivity contribution in [1.29, 1.82) is 0 Å². The summed E-state index contributed by atoms with van der Waals surface area (Å²) < 4.78 is 10.0. The van der Waals surface area contributed by atoms with Gasteiger partial charge in [0.2, 0.25) is 0 Å². The molecule has 0 saturated carbocycles. The van der Waals surface area contributed by atoms with Crippen LogP contribution in [0.5, 0.6) is 0 Å². The van der Waals surface area contributed by atoms with E-state index in [0.29, 0.717) is 31.6 Å². The molecule has 5 heteroatoms. The van der Waals surface area contributed by atoms with E-state index >= 15 is 0 Å². The van der Waals surface area contributed by atoms with Crippen LogP contribution in [0.3, 0.4) is 0 Å². The van der Waals surface area contributed by atoms with Crippen molar-refractivity contribution in [3.63, 3.8) is 0 Å². The Balaban J connectivity index is 3.14. The average molecular weight is 346 g/mol. The maximum absolute atomic E-state index is 12.1. The van der Waals surface area contributed by atoms with E-state index in [9.17, 15) is 9.59 Å². The fourth-order valence-electron chi connectivity index (χ4n) is 2.00. The first-order valence-electron chi connectivity index (χ1n) is 8.25. The van der Waals surface area contributed by atoms with Gasteiger partial charge in [0.15, 0.2) is 0 Å². The Kier molecular flexibility index (Phi) is 7.73. The molecular formula is C19H26O4Si. The van der Waals surface area contributed by atoms with E-state index in [2.05, 4.69) is 31.1 Å². The van der Waals surface area contributed by atoms with Crippen molar-refractivity contribution in [1.82, 2.24) is 0 Å². The van der Waals surface area contributed by atoms with Gasteiger partial charge in [0.1, 0.15) is 8.07 Å². The lowest BCUT2D eigenvalue weighted by atomic mass is 10.1. The Bertz CT molecular complexity index is 637. The molecule has 0 aromatic carbocycles. The summed E-state index contributed by atoms with van der Waals surface area (Å²) >= 11 is 0. The topological polar surface area (TPSA) is 52.6 Å². The third-order valence-electron chi connectivity index (χ3n) is 3.05. The Morgan fingerprint density at radius 3 is 2.38 bits per heavy atom. The Morgan fingerprint density at radius 2 is 1.79 bits per heavy atom. The van der Waals surface area contributed by atoms with Crippen LogP contribution in [0, 0.1) is 11.5 Å². The molecule has 0 bridgehead atoms. The summed E-state index contributed by atoms with van der Waals surface area (Å²) in [5.41, 5.74) is 5.38. The average Bonchev–Trinajstić information content (AvgIpc) is 2.67. The molecule has 0 aromatic rings. The van der Waals surface area contributed by atoms with E-state index in [1.54, 1.807) is 26.0 Å². The molecule has 0 N–H and O–H groups in total. The second-order valence-corrected chi connectivity index (χ2v) is 11.2. The van der Waals surface area contributed by atoms with E-state index in [1.165, 1.54) is 6.08 Å². The van der Waals surface area contributed by atoms with Gasteiger partial charge in [-0.3, -0.25) is 0 Å². The maximum Gasteiger partial charge on any atom is 0.338 e. The standard InChI is InChI=1S/C19H26O4Si/c1-6-22-18(20)14-16-9-8-15(10-11-24(3,4)5)12-17(13-16)19(21)23-7-2/h12-14H,6-9H2,1-5H3/b16-14-.